The molecule has 2 heterocycles. The van der Waals surface area contributed by atoms with E-state index >= 15 is 0 Å². The molecule has 0 aromatic rings. The highest BCUT2D eigenvalue weighted by atomic mass is 16.5. The zero-order chi connectivity index (χ0) is 10.6. The van der Waals surface area contributed by atoms with Crippen LogP contribution in [-0.2, 0) is 4.74 Å². The summed E-state index contributed by atoms with van der Waals surface area (Å²) in [7, 11) is 0. The smallest absolute Gasteiger partial charge is 0.0663 e. The number of rotatable bonds is 2. The van der Waals surface area contributed by atoms with Crippen LogP contribution in [0, 0.1) is 0 Å². The van der Waals surface area contributed by atoms with Gasteiger partial charge in [0.15, 0.2) is 0 Å². The number of likely N-dealkylation sites (tertiary alicyclic amines) is 1. The van der Waals surface area contributed by atoms with Crippen molar-refractivity contribution in [3.8, 4) is 0 Å². The highest BCUT2D eigenvalue weighted by Crippen LogP contribution is 2.27. The fourth-order valence-electron chi connectivity index (χ4n) is 2.86. The Balaban J connectivity index is 1.98. The van der Waals surface area contributed by atoms with Gasteiger partial charge in [0.2, 0.25) is 0 Å². The van der Waals surface area contributed by atoms with Gasteiger partial charge in [-0.25, -0.2) is 0 Å². The third-order valence-corrected chi connectivity index (χ3v) is 3.99. The summed E-state index contributed by atoms with van der Waals surface area (Å²) in [4.78, 5) is 2.61. The molecule has 2 aliphatic rings. The van der Waals surface area contributed by atoms with Gasteiger partial charge in [-0.3, -0.25) is 4.90 Å². The first-order valence-electron chi connectivity index (χ1n) is 6.40. The average molecular weight is 212 g/mol. The Morgan fingerprint density at radius 2 is 1.73 bits per heavy atom. The molecule has 0 saturated carbocycles. The van der Waals surface area contributed by atoms with Crippen LogP contribution in [0.1, 0.15) is 38.5 Å². The lowest BCUT2D eigenvalue weighted by Crippen LogP contribution is -2.55. The van der Waals surface area contributed by atoms with E-state index in [1.165, 1.54) is 45.2 Å². The van der Waals surface area contributed by atoms with E-state index in [1.54, 1.807) is 0 Å². The maximum atomic E-state index is 5.97. The molecular weight excluding hydrogens is 188 g/mol. The molecular formula is C12H24N2O. The van der Waals surface area contributed by atoms with Crippen LogP contribution >= 0.6 is 0 Å². The number of nitrogens with two attached hydrogens (primary N) is 1. The second-order valence-corrected chi connectivity index (χ2v) is 4.99. The Morgan fingerprint density at radius 3 is 2.27 bits per heavy atom. The van der Waals surface area contributed by atoms with Crippen molar-refractivity contribution < 1.29 is 4.74 Å². The van der Waals surface area contributed by atoms with Crippen molar-refractivity contribution in [3.63, 3.8) is 0 Å². The van der Waals surface area contributed by atoms with Crippen molar-refractivity contribution >= 4 is 0 Å². The summed E-state index contributed by atoms with van der Waals surface area (Å²) in [5.41, 5.74) is 6.15. The SMILES string of the molecule is NCC1(N2CCCCCCC2)CCOC1. The van der Waals surface area contributed by atoms with E-state index < -0.39 is 0 Å². The van der Waals surface area contributed by atoms with E-state index in [9.17, 15) is 0 Å². The molecule has 0 amide bonds. The summed E-state index contributed by atoms with van der Waals surface area (Å²) < 4.78 is 5.55. The Kier molecular flexibility index (Phi) is 4.00. The van der Waals surface area contributed by atoms with E-state index in [2.05, 4.69) is 4.90 Å². The summed E-state index contributed by atoms with van der Waals surface area (Å²) in [6.45, 7) is 4.95. The van der Waals surface area contributed by atoms with Crippen LogP contribution in [0.25, 0.3) is 0 Å². The minimum atomic E-state index is 0.178. The van der Waals surface area contributed by atoms with Crippen LogP contribution in [0.3, 0.4) is 0 Å². The van der Waals surface area contributed by atoms with Crippen LogP contribution in [0.5, 0.6) is 0 Å². The van der Waals surface area contributed by atoms with E-state index in [0.29, 0.717) is 0 Å². The van der Waals surface area contributed by atoms with Crippen LogP contribution in [0.4, 0.5) is 0 Å². The van der Waals surface area contributed by atoms with Gasteiger partial charge in [0.05, 0.1) is 12.1 Å². The maximum absolute atomic E-state index is 5.97. The van der Waals surface area contributed by atoms with E-state index in [1.807, 2.05) is 0 Å². The second kappa shape index (κ2) is 5.28. The minimum absolute atomic E-state index is 0.178. The van der Waals surface area contributed by atoms with Crippen molar-refractivity contribution in [3.05, 3.63) is 0 Å². The largest absolute Gasteiger partial charge is 0.379 e. The van der Waals surface area contributed by atoms with Gasteiger partial charge in [-0.05, 0) is 32.4 Å². The van der Waals surface area contributed by atoms with Crippen LogP contribution in [0.15, 0.2) is 0 Å². The molecule has 0 aromatic carbocycles. The van der Waals surface area contributed by atoms with E-state index in [-0.39, 0.29) is 5.54 Å². The second-order valence-electron chi connectivity index (χ2n) is 4.99. The average Bonchev–Trinajstić information content (AvgIpc) is 2.67. The number of hydrogen-bond acceptors (Lipinski definition) is 3. The van der Waals surface area contributed by atoms with Gasteiger partial charge < -0.3 is 10.5 Å². The monoisotopic (exact) mass is 212 g/mol. The van der Waals surface area contributed by atoms with Crippen molar-refractivity contribution in [1.29, 1.82) is 0 Å². The molecule has 0 aliphatic carbocycles. The molecule has 88 valence electrons. The van der Waals surface area contributed by atoms with Crippen molar-refractivity contribution in [2.75, 3.05) is 32.8 Å². The fourth-order valence-corrected chi connectivity index (χ4v) is 2.86. The van der Waals surface area contributed by atoms with Crippen LogP contribution < -0.4 is 5.73 Å². The lowest BCUT2D eigenvalue weighted by atomic mass is 9.94. The highest BCUT2D eigenvalue weighted by Gasteiger charge is 2.38. The number of nitrogens with zero attached hydrogens (tertiary/aromatic N) is 1. The Morgan fingerprint density at radius 1 is 1.07 bits per heavy atom. The minimum Gasteiger partial charge on any atom is -0.379 e. The molecule has 0 aromatic heterocycles. The molecule has 0 spiro atoms. The summed E-state index contributed by atoms with van der Waals surface area (Å²) in [5, 5.41) is 0. The van der Waals surface area contributed by atoms with E-state index in [4.69, 9.17) is 10.5 Å². The lowest BCUT2D eigenvalue weighted by molar-refractivity contribution is 0.0648. The van der Waals surface area contributed by atoms with Crippen molar-refractivity contribution in [1.82, 2.24) is 4.90 Å². The summed E-state index contributed by atoms with van der Waals surface area (Å²) in [6.07, 6.45) is 7.99. The molecule has 3 nitrogen and oxygen atoms in total. The standard InChI is InChI=1S/C12H24N2O/c13-10-12(6-9-15-11-12)14-7-4-2-1-3-5-8-14/h1-11,13H2. The van der Waals surface area contributed by atoms with Gasteiger partial charge in [-0.2, -0.15) is 0 Å². The van der Waals surface area contributed by atoms with Crippen molar-refractivity contribution in [2.45, 2.75) is 44.1 Å². The van der Waals surface area contributed by atoms with Crippen LogP contribution in [-0.4, -0.2) is 43.3 Å². The molecule has 2 saturated heterocycles. The van der Waals surface area contributed by atoms with E-state index in [0.717, 1.165) is 26.2 Å². The molecule has 3 heteroatoms. The normalized spacial score (nSPS) is 35.0. The third kappa shape index (κ3) is 2.52. The highest BCUT2D eigenvalue weighted by molar-refractivity contribution is 4.95. The van der Waals surface area contributed by atoms with Crippen molar-refractivity contribution in [2.24, 2.45) is 5.73 Å². The molecule has 1 atom stereocenters. The Hall–Kier alpha value is -0.120. The predicted octanol–water partition coefficient (Wildman–Crippen LogP) is 1.37. The topological polar surface area (TPSA) is 38.5 Å². The summed E-state index contributed by atoms with van der Waals surface area (Å²) in [5.74, 6) is 0. The zero-order valence-electron chi connectivity index (χ0n) is 9.71. The van der Waals surface area contributed by atoms with Gasteiger partial charge in [0.1, 0.15) is 0 Å². The molecule has 15 heavy (non-hydrogen) atoms. The molecule has 2 rings (SSSR count). The van der Waals surface area contributed by atoms with Crippen LogP contribution in [0.2, 0.25) is 0 Å². The first-order chi connectivity index (χ1) is 7.37. The van der Waals surface area contributed by atoms with Gasteiger partial charge in [-0.15, -0.1) is 0 Å². The zero-order valence-corrected chi connectivity index (χ0v) is 9.71. The first-order valence-corrected chi connectivity index (χ1v) is 6.40. The maximum Gasteiger partial charge on any atom is 0.0663 e. The van der Waals surface area contributed by atoms with Gasteiger partial charge in [-0.1, -0.05) is 19.3 Å². The molecule has 2 N–H and O–H groups in total. The van der Waals surface area contributed by atoms with Gasteiger partial charge in [0, 0.05) is 13.2 Å². The summed E-state index contributed by atoms with van der Waals surface area (Å²) in [6, 6.07) is 0. The predicted molar refractivity (Wildman–Crippen MR) is 61.9 cm³/mol. The van der Waals surface area contributed by atoms with Gasteiger partial charge in [0.25, 0.3) is 0 Å². The number of ether oxygens (including phenoxy) is 1. The first kappa shape index (κ1) is 11.4. The Labute approximate surface area is 93.0 Å². The third-order valence-electron chi connectivity index (χ3n) is 3.99. The molecule has 2 fully saturated rings. The lowest BCUT2D eigenvalue weighted by Gasteiger charge is -2.40. The number of hydrogen-bond donors (Lipinski definition) is 1. The molecule has 0 radical (unpaired) electrons. The molecule has 2 aliphatic heterocycles. The Bertz CT molecular complexity index is 182. The molecule has 0 bridgehead atoms. The quantitative estimate of drug-likeness (QED) is 0.751. The molecule has 1 unspecified atom stereocenters. The fraction of sp³-hybridized carbons (Fsp3) is 1.00. The van der Waals surface area contributed by atoms with Gasteiger partial charge >= 0.3 is 0 Å². The summed E-state index contributed by atoms with van der Waals surface area (Å²) >= 11 is 0.